The van der Waals surface area contributed by atoms with Crippen LogP contribution in [0.5, 0.6) is 5.75 Å². The van der Waals surface area contributed by atoms with Gasteiger partial charge in [-0.1, -0.05) is 78.9 Å². The molecule has 3 aliphatic heterocycles. The summed E-state index contributed by atoms with van der Waals surface area (Å²) in [5, 5.41) is 11.9. The Morgan fingerprint density at radius 3 is 2.42 bits per heavy atom. The van der Waals surface area contributed by atoms with Crippen LogP contribution in [0.25, 0.3) is 16.5 Å². The van der Waals surface area contributed by atoms with Gasteiger partial charge in [0.1, 0.15) is 17.7 Å². The fourth-order valence-corrected chi connectivity index (χ4v) is 6.73. The number of rotatable bonds is 10. The average Bonchev–Trinajstić information content (AvgIpc) is 3.84. The van der Waals surface area contributed by atoms with Crippen molar-refractivity contribution in [2.45, 2.75) is 31.4 Å². The molecular formula is C43H38FN5O3. The summed E-state index contributed by atoms with van der Waals surface area (Å²) in [6.45, 7) is 0.962. The number of nitrogen functional groups attached to an aromatic ring is 1. The van der Waals surface area contributed by atoms with Crippen molar-refractivity contribution in [3.63, 3.8) is 0 Å². The van der Waals surface area contributed by atoms with Gasteiger partial charge < -0.3 is 31.2 Å². The molecule has 8 rings (SSSR count). The lowest BCUT2D eigenvalue weighted by Crippen LogP contribution is -2.38. The van der Waals surface area contributed by atoms with Gasteiger partial charge in [-0.25, -0.2) is 4.39 Å². The van der Waals surface area contributed by atoms with Crippen molar-refractivity contribution in [3.05, 3.63) is 156 Å². The highest BCUT2D eigenvalue weighted by Gasteiger charge is 2.26. The van der Waals surface area contributed by atoms with Crippen LogP contribution in [0.15, 0.2) is 144 Å². The molecule has 1 atom stereocenters. The average molecular weight is 692 g/mol. The normalized spacial score (nSPS) is 18.1. The van der Waals surface area contributed by atoms with E-state index < -0.39 is 5.82 Å². The second-order valence-corrected chi connectivity index (χ2v) is 13.1. The van der Waals surface area contributed by atoms with Gasteiger partial charge >= 0.3 is 0 Å². The first kappa shape index (κ1) is 33.0. The molecule has 3 heterocycles. The number of hydrogen-bond donors (Lipinski definition) is 4. The Morgan fingerprint density at radius 1 is 0.885 bits per heavy atom. The first-order valence-electron chi connectivity index (χ1n) is 17.5. The number of ether oxygens (including phenoxy) is 2. The minimum atomic E-state index is -0.477. The third-order valence-electron chi connectivity index (χ3n) is 9.49. The highest BCUT2D eigenvalue weighted by molar-refractivity contribution is 6.05. The topological polar surface area (TPSA) is 110 Å². The van der Waals surface area contributed by atoms with E-state index in [1.165, 1.54) is 6.07 Å². The molecule has 0 aromatic heterocycles. The van der Waals surface area contributed by atoms with Crippen molar-refractivity contribution < 1.29 is 18.7 Å². The van der Waals surface area contributed by atoms with E-state index in [1.54, 1.807) is 18.2 Å². The van der Waals surface area contributed by atoms with Gasteiger partial charge in [0.25, 0.3) is 0 Å². The summed E-state index contributed by atoms with van der Waals surface area (Å²) >= 11 is 0. The molecule has 5 aromatic rings. The number of nitrogens with one attached hydrogen (secondary N) is 3. The van der Waals surface area contributed by atoms with E-state index in [9.17, 15) is 9.18 Å². The molecule has 5 aromatic carbocycles. The van der Waals surface area contributed by atoms with Gasteiger partial charge in [0, 0.05) is 39.9 Å². The van der Waals surface area contributed by atoms with Gasteiger partial charge in [-0.15, -0.1) is 0 Å². The fraction of sp³-hybridized carbons (Fsp3) is 0.163. The van der Waals surface area contributed by atoms with Crippen molar-refractivity contribution >= 4 is 50.8 Å². The van der Waals surface area contributed by atoms with Crippen molar-refractivity contribution in [2.75, 3.05) is 29.6 Å². The summed E-state index contributed by atoms with van der Waals surface area (Å²) in [5.41, 5.74) is 14.1. The summed E-state index contributed by atoms with van der Waals surface area (Å²) in [7, 11) is 0. The second-order valence-electron chi connectivity index (χ2n) is 13.1. The maximum atomic E-state index is 13.9. The molecule has 0 radical (unpaired) electrons. The smallest absolute Gasteiger partial charge is 0.248 e. The van der Waals surface area contributed by atoms with Crippen LogP contribution in [0.3, 0.4) is 0 Å². The molecule has 52 heavy (non-hydrogen) atoms. The van der Waals surface area contributed by atoms with E-state index in [2.05, 4.69) is 46.3 Å². The molecule has 260 valence electrons. The first-order valence-corrected chi connectivity index (χ1v) is 17.5. The lowest BCUT2D eigenvalue weighted by Gasteiger charge is -2.28. The molecule has 3 aliphatic rings. The number of fused-ring (bicyclic) bond motifs is 1. The number of carbonyl (C=O) groups excluding carboxylic acids is 1. The SMILES string of the molecule is Nc1cc(Nc2cccc3cc(OC4COC4)c(NC(=O)/C=C/C(=C4\CCC(c5ccccc5)=N4)C4CC=C(c5ccccc5)N4)cc23)ccc1F. The van der Waals surface area contributed by atoms with Crippen LogP contribution in [0.4, 0.5) is 27.1 Å². The van der Waals surface area contributed by atoms with Crippen LogP contribution in [-0.2, 0) is 9.53 Å². The van der Waals surface area contributed by atoms with Crippen molar-refractivity contribution in [2.24, 2.45) is 4.99 Å². The number of halogens is 1. The lowest BCUT2D eigenvalue weighted by molar-refractivity contribution is -0.112. The second kappa shape index (κ2) is 14.6. The Balaban J connectivity index is 1.10. The van der Waals surface area contributed by atoms with Gasteiger partial charge in [-0.2, -0.15) is 0 Å². The first-order chi connectivity index (χ1) is 25.5. The van der Waals surface area contributed by atoms with E-state index in [-0.39, 0.29) is 23.7 Å². The number of aliphatic imine (C=N–C) groups is 1. The maximum absolute atomic E-state index is 13.9. The molecule has 1 fully saturated rings. The Bertz CT molecular complexity index is 2260. The van der Waals surface area contributed by atoms with Crippen molar-refractivity contribution in [1.29, 1.82) is 0 Å². The van der Waals surface area contributed by atoms with E-state index in [0.717, 1.165) is 69.5 Å². The van der Waals surface area contributed by atoms with Crippen LogP contribution in [-0.4, -0.2) is 37.0 Å². The molecule has 0 saturated carbocycles. The molecule has 1 unspecified atom stereocenters. The zero-order valence-corrected chi connectivity index (χ0v) is 28.4. The predicted octanol–water partition coefficient (Wildman–Crippen LogP) is 8.52. The molecule has 1 amide bonds. The fourth-order valence-electron chi connectivity index (χ4n) is 6.73. The number of benzene rings is 5. The highest BCUT2D eigenvalue weighted by Crippen LogP contribution is 2.37. The lowest BCUT2D eigenvalue weighted by atomic mass is 10.0. The predicted molar refractivity (Wildman–Crippen MR) is 206 cm³/mol. The van der Waals surface area contributed by atoms with E-state index in [4.69, 9.17) is 20.2 Å². The number of amides is 1. The van der Waals surface area contributed by atoms with Crippen LogP contribution in [0.1, 0.15) is 30.4 Å². The largest absolute Gasteiger partial charge is 0.483 e. The molecule has 8 nitrogen and oxygen atoms in total. The summed E-state index contributed by atoms with van der Waals surface area (Å²) < 4.78 is 25.5. The Morgan fingerprint density at radius 2 is 1.67 bits per heavy atom. The van der Waals surface area contributed by atoms with Gasteiger partial charge in [-0.3, -0.25) is 9.79 Å². The Hall–Kier alpha value is -6.19. The van der Waals surface area contributed by atoms with E-state index >= 15 is 0 Å². The Kier molecular flexibility index (Phi) is 9.25. The summed E-state index contributed by atoms with van der Waals surface area (Å²) in [6.07, 6.45) is 7.96. The molecular weight excluding hydrogens is 654 g/mol. The molecule has 1 saturated heterocycles. The zero-order chi connectivity index (χ0) is 35.4. The van der Waals surface area contributed by atoms with Crippen molar-refractivity contribution in [1.82, 2.24) is 5.32 Å². The number of allylic oxidation sites excluding steroid dienone is 1. The summed E-state index contributed by atoms with van der Waals surface area (Å²) in [4.78, 5) is 18.9. The number of carbonyl (C=O) groups is 1. The third-order valence-corrected chi connectivity index (χ3v) is 9.49. The maximum Gasteiger partial charge on any atom is 0.248 e. The minimum Gasteiger partial charge on any atom is -0.483 e. The molecule has 9 heteroatoms. The van der Waals surface area contributed by atoms with Gasteiger partial charge in [0.15, 0.2) is 0 Å². The van der Waals surface area contributed by atoms with Gasteiger partial charge in [0.05, 0.1) is 30.6 Å². The number of anilines is 4. The van der Waals surface area contributed by atoms with E-state index in [1.807, 2.05) is 72.8 Å². The Labute approximate surface area is 301 Å². The van der Waals surface area contributed by atoms with Crippen LogP contribution >= 0.6 is 0 Å². The monoisotopic (exact) mass is 691 g/mol. The minimum absolute atomic E-state index is 0.0413. The van der Waals surface area contributed by atoms with Crippen LogP contribution in [0, 0.1) is 5.82 Å². The van der Waals surface area contributed by atoms with Gasteiger partial charge in [-0.05, 0) is 83.8 Å². The zero-order valence-electron chi connectivity index (χ0n) is 28.4. The van der Waals surface area contributed by atoms with Crippen molar-refractivity contribution in [3.8, 4) is 5.75 Å². The molecule has 0 spiro atoms. The van der Waals surface area contributed by atoms with Crippen LogP contribution < -0.4 is 26.4 Å². The summed E-state index contributed by atoms with van der Waals surface area (Å²) in [6, 6.07) is 34.6. The highest BCUT2D eigenvalue weighted by atomic mass is 19.1. The van der Waals surface area contributed by atoms with Crippen LogP contribution in [0.2, 0.25) is 0 Å². The number of nitrogens with two attached hydrogens (primary N) is 1. The molecule has 0 bridgehead atoms. The number of nitrogens with zero attached hydrogens (tertiary/aromatic N) is 1. The third kappa shape index (κ3) is 7.17. The standard InChI is InChI=1S/C43H38FN5O3/c44-34-16-14-30(23-35(34)45)46-38-13-7-12-29-22-42(52-31-25-51-26-31)41(24-33(29)38)49-43(50)21-15-32(39-19-17-36(47-39)27-8-3-1-4-9-27)40-20-18-37(48-40)28-10-5-2-6-11-28/h1-17,21-24,31,39,46-47H,18-20,25-26,45H2,(H,49,50)/b21-15+,40-32-. The quantitative estimate of drug-likeness (QED) is 0.0864. The van der Waals surface area contributed by atoms with Gasteiger partial charge in [0.2, 0.25) is 5.91 Å². The van der Waals surface area contributed by atoms with E-state index in [0.29, 0.717) is 30.3 Å². The molecule has 0 aliphatic carbocycles. The summed E-state index contributed by atoms with van der Waals surface area (Å²) in [5.74, 6) is -0.232. The number of hydrogen-bond acceptors (Lipinski definition) is 7. The molecule has 5 N–H and O–H groups in total.